The summed E-state index contributed by atoms with van der Waals surface area (Å²) in [5, 5.41) is 3.44. The van der Waals surface area contributed by atoms with E-state index in [-0.39, 0.29) is 6.61 Å². The molecule has 2 aromatic heterocycles. The number of aromatic amines is 1. The van der Waals surface area contributed by atoms with E-state index >= 15 is 0 Å². The Hall–Kier alpha value is -3.26. The summed E-state index contributed by atoms with van der Waals surface area (Å²) in [6.07, 6.45) is 1.58. The lowest BCUT2D eigenvalue weighted by atomic mass is 10.2. The largest absolute Gasteiger partial charge is 0.452 e. The summed E-state index contributed by atoms with van der Waals surface area (Å²) in [6, 6.07) is 12.7. The Balaban J connectivity index is 1.43. The van der Waals surface area contributed by atoms with E-state index in [2.05, 4.69) is 19.0 Å². The Morgan fingerprint density at radius 1 is 1.12 bits per heavy atom. The first-order valence-corrected chi connectivity index (χ1v) is 8.20. The molecule has 0 radical (unpaired) electrons. The molecular formula is C17H12N4O3S. The summed E-state index contributed by atoms with van der Waals surface area (Å²) in [5.74, 6) is -0.991. The average molecular weight is 352 g/mol. The topological polar surface area (TPSA) is 97.0 Å². The molecule has 0 saturated heterocycles. The van der Waals surface area contributed by atoms with Crippen LogP contribution in [0.25, 0.3) is 21.9 Å². The van der Waals surface area contributed by atoms with Gasteiger partial charge in [0.2, 0.25) is 0 Å². The van der Waals surface area contributed by atoms with E-state index in [9.17, 15) is 9.59 Å². The average Bonchev–Trinajstić information content (AvgIpc) is 3.27. The predicted molar refractivity (Wildman–Crippen MR) is 94.6 cm³/mol. The van der Waals surface area contributed by atoms with E-state index in [0.29, 0.717) is 22.3 Å². The lowest BCUT2D eigenvalue weighted by molar-refractivity contribution is -0.119. The number of carbonyl (C=O) groups is 2. The first kappa shape index (κ1) is 15.3. The summed E-state index contributed by atoms with van der Waals surface area (Å²) in [7, 11) is 0. The number of ether oxygens (including phenoxy) is 1. The van der Waals surface area contributed by atoms with Gasteiger partial charge in [-0.2, -0.15) is 8.75 Å². The Morgan fingerprint density at radius 3 is 2.92 bits per heavy atom. The zero-order valence-electron chi connectivity index (χ0n) is 12.9. The molecule has 7 nitrogen and oxygen atoms in total. The molecule has 0 spiro atoms. The molecule has 2 heterocycles. The standard InChI is InChI=1S/C17H12N4O3S/c22-15(19-13-6-3-7-14-16(13)21-25-20-14)9-24-17(23)11-8-18-12-5-2-1-4-10(11)12/h1-8,18H,9H2,(H,19,22). The first-order valence-electron chi connectivity index (χ1n) is 7.47. The van der Waals surface area contributed by atoms with Crippen LogP contribution in [-0.4, -0.2) is 32.2 Å². The molecule has 0 unspecified atom stereocenters. The predicted octanol–water partition coefficient (Wildman–Crippen LogP) is 2.97. The van der Waals surface area contributed by atoms with Crippen molar-refractivity contribution >= 4 is 51.2 Å². The Bertz CT molecular complexity index is 1090. The van der Waals surface area contributed by atoms with Gasteiger partial charge in [0.05, 0.1) is 23.0 Å². The number of hydrogen-bond acceptors (Lipinski definition) is 6. The number of para-hydroxylation sites is 1. The number of nitrogens with one attached hydrogen (secondary N) is 2. The van der Waals surface area contributed by atoms with Gasteiger partial charge < -0.3 is 15.0 Å². The fraction of sp³-hybridized carbons (Fsp3) is 0.0588. The molecular weight excluding hydrogens is 340 g/mol. The maximum Gasteiger partial charge on any atom is 0.340 e. The summed E-state index contributed by atoms with van der Waals surface area (Å²) >= 11 is 1.07. The monoisotopic (exact) mass is 352 g/mol. The highest BCUT2D eigenvalue weighted by atomic mass is 32.1. The van der Waals surface area contributed by atoms with Crippen molar-refractivity contribution in [2.75, 3.05) is 11.9 Å². The molecule has 0 aliphatic carbocycles. The van der Waals surface area contributed by atoms with Gasteiger partial charge >= 0.3 is 5.97 Å². The van der Waals surface area contributed by atoms with Gasteiger partial charge in [0.1, 0.15) is 11.0 Å². The van der Waals surface area contributed by atoms with Gasteiger partial charge in [0.25, 0.3) is 5.91 Å². The molecule has 25 heavy (non-hydrogen) atoms. The normalized spacial score (nSPS) is 10.9. The number of fused-ring (bicyclic) bond motifs is 2. The highest BCUT2D eigenvalue weighted by molar-refractivity contribution is 7.00. The van der Waals surface area contributed by atoms with Crippen LogP contribution in [-0.2, 0) is 9.53 Å². The number of benzene rings is 2. The molecule has 4 rings (SSSR count). The second kappa shape index (κ2) is 6.33. The van der Waals surface area contributed by atoms with E-state index in [1.54, 1.807) is 18.3 Å². The third-order valence-corrected chi connectivity index (χ3v) is 4.25. The minimum atomic E-state index is -0.555. The molecule has 2 N–H and O–H groups in total. The minimum absolute atomic E-state index is 0.383. The molecule has 0 fully saturated rings. The fourth-order valence-electron chi connectivity index (χ4n) is 2.54. The van der Waals surface area contributed by atoms with Crippen LogP contribution in [0.1, 0.15) is 10.4 Å². The summed E-state index contributed by atoms with van der Waals surface area (Å²) in [6.45, 7) is -0.383. The van der Waals surface area contributed by atoms with Crippen molar-refractivity contribution in [3.8, 4) is 0 Å². The third-order valence-electron chi connectivity index (χ3n) is 3.70. The maximum atomic E-state index is 12.2. The van der Waals surface area contributed by atoms with Gasteiger partial charge in [-0.1, -0.05) is 24.3 Å². The van der Waals surface area contributed by atoms with E-state index < -0.39 is 11.9 Å². The molecule has 0 atom stereocenters. The van der Waals surface area contributed by atoms with Crippen molar-refractivity contribution in [1.82, 2.24) is 13.7 Å². The van der Waals surface area contributed by atoms with Gasteiger partial charge in [-0.3, -0.25) is 4.79 Å². The molecule has 2 aromatic carbocycles. The highest BCUT2D eigenvalue weighted by Gasteiger charge is 2.15. The van der Waals surface area contributed by atoms with Crippen molar-refractivity contribution in [2.24, 2.45) is 0 Å². The van der Waals surface area contributed by atoms with Crippen LogP contribution >= 0.6 is 11.7 Å². The van der Waals surface area contributed by atoms with Gasteiger partial charge in [-0.25, -0.2) is 4.79 Å². The fourth-order valence-corrected chi connectivity index (χ4v) is 3.09. The van der Waals surface area contributed by atoms with Gasteiger partial charge in [0, 0.05) is 17.1 Å². The molecule has 0 aliphatic rings. The van der Waals surface area contributed by atoms with Gasteiger partial charge in [-0.15, -0.1) is 0 Å². The maximum absolute atomic E-state index is 12.2. The zero-order valence-corrected chi connectivity index (χ0v) is 13.7. The lowest BCUT2D eigenvalue weighted by Crippen LogP contribution is -2.21. The van der Waals surface area contributed by atoms with Crippen LogP contribution in [0.3, 0.4) is 0 Å². The molecule has 1 amide bonds. The lowest BCUT2D eigenvalue weighted by Gasteiger charge is -2.06. The molecule has 8 heteroatoms. The summed E-state index contributed by atoms with van der Waals surface area (Å²) in [4.78, 5) is 27.3. The number of esters is 1. The molecule has 4 aromatic rings. The van der Waals surface area contributed by atoms with E-state index in [1.165, 1.54) is 0 Å². The van der Waals surface area contributed by atoms with Crippen molar-refractivity contribution in [2.45, 2.75) is 0 Å². The molecule has 0 aliphatic heterocycles. The van der Waals surface area contributed by atoms with Crippen molar-refractivity contribution in [3.63, 3.8) is 0 Å². The molecule has 124 valence electrons. The number of anilines is 1. The van der Waals surface area contributed by atoms with Crippen LogP contribution in [0, 0.1) is 0 Å². The van der Waals surface area contributed by atoms with Gasteiger partial charge in [-0.05, 0) is 18.2 Å². The summed E-state index contributed by atoms with van der Waals surface area (Å²) in [5.41, 5.74) is 3.09. The number of amides is 1. The van der Waals surface area contributed by atoms with E-state index in [4.69, 9.17) is 4.74 Å². The van der Waals surface area contributed by atoms with Gasteiger partial charge in [0.15, 0.2) is 6.61 Å². The quantitative estimate of drug-likeness (QED) is 0.550. The van der Waals surface area contributed by atoms with Crippen LogP contribution < -0.4 is 5.32 Å². The Labute approximate surface area is 146 Å². The highest BCUT2D eigenvalue weighted by Crippen LogP contribution is 2.21. The van der Waals surface area contributed by atoms with Crippen molar-refractivity contribution in [1.29, 1.82) is 0 Å². The van der Waals surface area contributed by atoms with E-state index in [0.717, 1.165) is 22.6 Å². The van der Waals surface area contributed by atoms with Crippen LogP contribution in [0.15, 0.2) is 48.7 Å². The smallest absolute Gasteiger partial charge is 0.340 e. The third kappa shape index (κ3) is 2.94. The first-order chi connectivity index (χ1) is 12.2. The second-order valence-corrected chi connectivity index (χ2v) is 5.84. The number of rotatable bonds is 4. The Kier molecular flexibility index (Phi) is 3.87. The number of hydrogen-bond donors (Lipinski definition) is 2. The van der Waals surface area contributed by atoms with Crippen LogP contribution in [0.4, 0.5) is 5.69 Å². The summed E-state index contributed by atoms with van der Waals surface area (Å²) < 4.78 is 13.4. The van der Waals surface area contributed by atoms with Crippen molar-refractivity contribution < 1.29 is 14.3 Å². The number of carbonyl (C=O) groups excluding carboxylic acids is 2. The Morgan fingerprint density at radius 2 is 2.00 bits per heavy atom. The SMILES string of the molecule is O=C(COC(=O)c1c[nH]c2ccccc12)Nc1cccc2nsnc12. The minimum Gasteiger partial charge on any atom is -0.452 e. The van der Waals surface area contributed by atoms with E-state index in [1.807, 2.05) is 30.3 Å². The van der Waals surface area contributed by atoms with Crippen LogP contribution in [0.2, 0.25) is 0 Å². The zero-order chi connectivity index (χ0) is 17.2. The second-order valence-electron chi connectivity index (χ2n) is 5.31. The molecule has 0 saturated carbocycles. The number of H-pyrrole nitrogens is 1. The van der Waals surface area contributed by atoms with Crippen molar-refractivity contribution in [3.05, 3.63) is 54.2 Å². The molecule has 0 bridgehead atoms. The number of aromatic nitrogens is 3. The van der Waals surface area contributed by atoms with Crippen LogP contribution in [0.5, 0.6) is 0 Å². The number of nitrogens with zero attached hydrogens (tertiary/aromatic N) is 2.